The number of carboxylic acid groups (broad SMARTS) is 1. The van der Waals surface area contributed by atoms with Gasteiger partial charge in [-0.25, -0.2) is 19.1 Å². The van der Waals surface area contributed by atoms with Crippen LogP contribution in [0.25, 0.3) is 0 Å². The normalized spacial score (nSPS) is 13.7. The third-order valence-corrected chi connectivity index (χ3v) is 6.41. The minimum Gasteiger partial charge on any atom is -0.481 e. The lowest BCUT2D eigenvalue weighted by Crippen LogP contribution is -2.52. The number of benzene rings is 2. The van der Waals surface area contributed by atoms with Crippen molar-refractivity contribution >= 4 is 34.9 Å². The highest BCUT2D eigenvalue weighted by atomic mass is 35.5. The predicted molar refractivity (Wildman–Crippen MR) is 137 cm³/mol. The van der Waals surface area contributed by atoms with Crippen LogP contribution < -0.4 is 17.0 Å². The smallest absolute Gasteiger partial charge is 0.335 e. The average Bonchev–Trinajstić information content (AvgIpc) is 2.78. The first kappa shape index (κ1) is 26.5. The Kier molecular flexibility index (Phi) is 8.40. The molecule has 186 valence electrons. The van der Waals surface area contributed by atoms with E-state index in [-0.39, 0.29) is 12.2 Å². The molecule has 2 aromatic carbocycles. The van der Waals surface area contributed by atoms with E-state index in [1.807, 2.05) is 6.07 Å². The number of carboxylic acids is 1. The van der Waals surface area contributed by atoms with Gasteiger partial charge in [0.05, 0.1) is 24.2 Å². The Morgan fingerprint density at radius 3 is 2.29 bits per heavy atom. The molecule has 0 amide bonds. The van der Waals surface area contributed by atoms with E-state index >= 15 is 0 Å². The minimum atomic E-state index is -1.11. The predicted octanol–water partition coefficient (Wildman–Crippen LogP) is 4.41. The van der Waals surface area contributed by atoms with Crippen molar-refractivity contribution in [2.24, 2.45) is 16.8 Å². The minimum absolute atomic E-state index is 0.0223. The summed E-state index contributed by atoms with van der Waals surface area (Å²) in [5.74, 6) is -1.65. The molecular formula is C25H28Cl2N4O4. The van der Waals surface area contributed by atoms with E-state index in [1.54, 1.807) is 36.4 Å². The number of hydrogen-bond acceptors (Lipinski definition) is 4. The molecule has 0 radical (unpaired) electrons. The van der Waals surface area contributed by atoms with E-state index < -0.39 is 29.3 Å². The SMILES string of the molecule is CC(C)Cc1ccc(/N=c2\[nH]c(=O)n([C@@H](C)[C@@H](C)C(=O)O)c(=O)n2Cc2ccc(Cl)cc2)cc1Cl. The number of aliphatic carboxylic acids is 1. The van der Waals surface area contributed by atoms with Crippen molar-refractivity contribution in [2.45, 2.75) is 46.7 Å². The topological polar surface area (TPSA) is 109 Å². The summed E-state index contributed by atoms with van der Waals surface area (Å²) in [6, 6.07) is 11.4. The summed E-state index contributed by atoms with van der Waals surface area (Å²) in [6.07, 6.45) is 0.808. The Labute approximate surface area is 212 Å². The summed E-state index contributed by atoms with van der Waals surface area (Å²) in [7, 11) is 0. The molecule has 0 aliphatic heterocycles. The number of hydrogen-bond donors (Lipinski definition) is 2. The molecule has 35 heavy (non-hydrogen) atoms. The van der Waals surface area contributed by atoms with Crippen LogP contribution in [0.4, 0.5) is 5.69 Å². The molecular weight excluding hydrogens is 491 g/mol. The highest BCUT2D eigenvalue weighted by molar-refractivity contribution is 6.31. The van der Waals surface area contributed by atoms with Gasteiger partial charge in [0.2, 0.25) is 5.62 Å². The average molecular weight is 519 g/mol. The van der Waals surface area contributed by atoms with E-state index in [0.717, 1.165) is 22.1 Å². The molecule has 8 nitrogen and oxygen atoms in total. The van der Waals surface area contributed by atoms with Gasteiger partial charge in [0.15, 0.2) is 0 Å². The zero-order valence-corrected chi connectivity index (χ0v) is 21.5. The highest BCUT2D eigenvalue weighted by Crippen LogP contribution is 2.24. The Balaban J connectivity index is 2.21. The molecule has 2 N–H and O–H groups in total. The van der Waals surface area contributed by atoms with Crippen molar-refractivity contribution < 1.29 is 9.90 Å². The van der Waals surface area contributed by atoms with Crippen LogP contribution in [0, 0.1) is 11.8 Å². The molecule has 0 saturated heterocycles. The molecule has 3 aromatic rings. The van der Waals surface area contributed by atoms with Crippen molar-refractivity contribution in [3.05, 3.63) is 90.2 Å². The van der Waals surface area contributed by atoms with Crippen molar-refractivity contribution in [1.29, 1.82) is 0 Å². The molecule has 2 atom stereocenters. The largest absolute Gasteiger partial charge is 0.481 e. The van der Waals surface area contributed by atoms with E-state index in [1.165, 1.54) is 18.4 Å². The summed E-state index contributed by atoms with van der Waals surface area (Å²) in [5.41, 5.74) is 0.793. The van der Waals surface area contributed by atoms with Crippen LogP contribution in [0.1, 0.15) is 44.9 Å². The van der Waals surface area contributed by atoms with Crippen LogP contribution >= 0.6 is 23.2 Å². The lowest BCUT2D eigenvalue weighted by Gasteiger charge is -2.19. The van der Waals surface area contributed by atoms with Gasteiger partial charge < -0.3 is 5.11 Å². The molecule has 0 aliphatic carbocycles. The summed E-state index contributed by atoms with van der Waals surface area (Å²) in [5, 5.41) is 10.5. The van der Waals surface area contributed by atoms with Crippen LogP contribution in [0.2, 0.25) is 10.0 Å². The van der Waals surface area contributed by atoms with Gasteiger partial charge in [-0.2, -0.15) is 0 Å². The fourth-order valence-corrected chi connectivity index (χ4v) is 4.03. The maximum atomic E-state index is 13.5. The first-order valence-corrected chi connectivity index (χ1v) is 12.0. The standard InChI is InChI=1S/C25H28Cl2N4O4/c1-14(2)11-18-7-10-20(12-21(18)27)28-23-29-24(34)31(16(4)15(3)22(32)33)25(35)30(23)13-17-5-8-19(26)9-6-17/h5-10,12,14-16H,11,13H2,1-4H3,(H,32,33)(H,28,29,34)/t15-,16+/m1/s1. The van der Waals surface area contributed by atoms with Crippen molar-refractivity contribution in [3.8, 4) is 0 Å². The highest BCUT2D eigenvalue weighted by Gasteiger charge is 2.25. The molecule has 1 heterocycles. The molecule has 0 unspecified atom stereocenters. The first-order valence-electron chi connectivity index (χ1n) is 11.2. The van der Waals surface area contributed by atoms with Gasteiger partial charge in [0.1, 0.15) is 0 Å². The Morgan fingerprint density at radius 1 is 1.06 bits per heavy atom. The number of rotatable bonds is 8. The summed E-state index contributed by atoms with van der Waals surface area (Å²) >= 11 is 12.4. The van der Waals surface area contributed by atoms with Crippen molar-refractivity contribution in [2.75, 3.05) is 0 Å². The van der Waals surface area contributed by atoms with E-state index in [9.17, 15) is 19.5 Å². The van der Waals surface area contributed by atoms with Gasteiger partial charge in [0, 0.05) is 10.0 Å². The number of aromatic nitrogens is 3. The lowest BCUT2D eigenvalue weighted by atomic mass is 10.0. The van der Waals surface area contributed by atoms with Crippen LogP contribution in [0.3, 0.4) is 0 Å². The fourth-order valence-electron chi connectivity index (χ4n) is 3.66. The third kappa shape index (κ3) is 6.32. The maximum Gasteiger partial charge on any atom is 0.335 e. The van der Waals surface area contributed by atoms with Gasteiger partial charge in [-0.1, -0.05) is 55.2 Å². The quantitative estimate of drug-likeness (QED) is 0.460. The number of carbonyl (C=O) groups is 1. The van der Waals surface area contributed by atoms with Crippen LogP contribution in [-0.2, 0) is 17.8 Å². The van der Waals surface area contributed by atoms with Gasteiger partial charge in [-0.05, 0) is 61.6 Å². The molecule has 10 heteroatoms. The number of nitrogens with one attached hydrogen (secondary N) is 1. The number of nitrogens with zero attached hydrogens (tertiary/aromatic N) is 3. The van der Waals surface area contributed by atoms with Gasteiger partial charge in [-0.15, -0.1) is 0 Å². The van der Waals surface area contributed by atoms with Gasteiger partial charge >= 0.3 is 17.3 Å². The number of halogens is 2. The van der Waals surface area contributed by atoms with Crippen LogP contribution in [0.5, 0.6) is 0 Å². The number of H-pyrrole nitrogens is 1. The molecule has 0 fully saturated rings. The molecule has 0 spiro atoms. The molecule has 0 saturated carbocycles. The molecule has 1 aromatic heterocycles. The Hall–Kier alpha value is -3.10. The Morgan fingerprint density at radius 2 is 1.71 bits per heavy atom. The molecule has 3 rings (SSSR count). The summed E-state index contributed by atoms with van der Waals surface area (Å²) < 4.78 is 2.21. The van der Waals surface area contributed by atoms with Crippen molar-refractivity contribution in [1.82, 2.24) is 14.1 Å². The molecule has 0 aliphatic rings. The summed E-state index contributed by atoms with van der Waals surface area (Å²) in [6.45, 7) is 7.24. The van der Waals surface area contributed by atoms with E-state index in [2.05, 4.69) is 23.8 Å². The maximum absolute atomic E-state index is 13.5. The third-order valence-electron chi connectivity index (χ3n) is 5.80. The second-order valence-corrected chi connectivity index (χ2v) is 9.82. The van der Waals surface area contributed by atoms with Gasteiger partial charge in [0.25, 0.3) is 0 Å². The van der Waals surface area contributed by atoms with Gasteiger partial charge in [-0.3, -0.25) is 14.3 Å². The number of aromatic amines is 1. The fraction of sp³-hybridized carbons (Fsp3) is 0.360. The zero-order valence-electron chi connectivity index (χ0n) is 20.0. The second kappa shape index (κ2) is 11.1. The summed E-state index contributed by atoms with van der Waals surface area (Å²) in [4.78, 5) is 45.0. The van der Waals surface area contributed by atoms with E-state index in [0.29, 0.717) is 21.7 Å². The zero-order chi connectivity index (χ0) is 25.9. The van der Waals surface area contributed by atoms with E-state index in [4.69, 9.17) is 23.2 Å². The monoisotopic (exact) mass is 518 g/mol. The van der Waals surface area contributed by atoms with Crippen LogP contribution in [-0.4, -0.2) is 25.2 Å². The van der Waals surface area contributed by atoms with Crippen molar-refractivity contribution in [3.63, 3.8) is 0 Å². The first-order chi connectivity index (χ1) is 16.5. The second-order valence-electron chi connectivity index (χ2n) is 8.97. The van der Waals surface area contributed by atoms with Crippen LogP contribution in [0.15, 0.2) is 57.0 Å². The lowest BCUT2D eigenvalue weighted by molar-refractivity contribution is -0.142. The molecule has 0 bridgehead atoms. The Bertz CT molecular complexity index is 1400.